The standard InChI is InChI=1S/C10H14N2/c1-4-9-10(8(3)11)7(2)5-6-12-9/h4-6,8H,1,11H2,2-3H3. The number of hydrogen-bond acceptors (Lipinski definition) is 2. The predicted molar refractivity (Wildman–Crippen MR) is 51.7 cm³/mol. The van der Waals surface area contributed by atoms with Crippen LogP contribution in [0.15, 0.2) is 18.8 Å². The fourth-order valence-electron chi connectivity index (χ4n) is 1.35. The zero-order valence-corrected chi connectivity index (χ0v) is 7.54. The second kappa shape index (κ2) is 3.50. The summed E-state index contributed by atoms with van der Waals surface area (Å²) in [5.41, 5.74) is 8.96. The highest BCUT2D eigenvalue weighted by molar-refractivity contribution is 5.50. The third-order valence-corrected chi connectivity index (χ3v) is 1.89. The summed E-state index contributed by atoms with van der Waals surface area (Å²) in [5, 5.41) is 0. The first kappa shape index (κ1) is 8.94. The highest BCUT2D eigenvalue weighted by Crippen LogP contribution is 2.18. The minimum atomic E-state index is 0.0201. The molecule has 0 spiro atoms. The van der Waals surface area contributed by atoms with Gasteiger partial charge in [0, 0.05) is 12.2 Å². The van der Waals surface area contributed by atoms with Crippen molar-refractivity contribution in [3.05, 3.63) is 35.7 Å². The molecule has 1 unspecified atom stereocenters. The third-order valence-electron chi connectivity index (χ3n) is 1.89. The Bertz CT molecular complexity index is 290. The summed E-state index contributed by atoms with van der Waals surface area (Å²) < 4.78 is 0. The number of hydrogen-bond donors (Lipinski definition) is 1. The van der Waals surface area contributed by atoms with E-state index in [1.165, 1.54) is 5.56 Å². The Kier molecular flexibility index (Phi) is 2.61. The van der Waals surface area contributed by atoms with E-state index in [1.54, 1.807) is 12.3 Å². The Morgan fingerprint density at radius 3 is 2.75 bits per heavy atom. The number of nitrogens with two attached hydrogens (primary N) is 1. The molecule has 1 heterocycles. The van der Waals surface area contributed by atoms with Crippen molar-refractivity contribution < 1.29 is 0 Å². The van der Waals surface area contributed by atoms with Gasteiger partial charge in [0.05, 0.1) is 5.69 Å². The Balaban J connectivity index is 3.29. The van der Waals surface area contributed by atoms with Gasteiger partial charge in [-0.05, 0) is 37.1 Å². The number of aromatic nitrogens is 1. The first-order chi connectivity index (χ1) is 5.66. The molecule has 1 rings (SSSR count). The topological polar surface area (TPSA) is 38.9 Å². The van der Waals surface area contributed by atoms with E-state index in [-0.39, 0.29) is 6.04 Å². The van der Waals surface area contributed by atoms with E-state index >= 15 is 0 Å². The van der Waals surface area contributed by atoms with Gasteiger partial charge in [0.25, 0.3) is 0 Å². The van der Waals surface area contributed by atoms with Crippen LogP contribution in [0.2, 0.25) is 0 Å². The van der Waals surface area contributed by atoms with Crippen LogP contribution >= 0.6 is 0 Å². The van der Waals surface area contributed by atoms with E-state index < -0.39 is 0 Å². The molecule has 0 amide bonds. The molecule has 0 fully saturated rings. The zero-order valence-electron chi connectivity index (χ0n) is 7.54. The molecule has 2 N–H and O–H groups in total. The Morgan fingerprint density at radius 1 is 1.67 bits per heavy atom. The van der Waals surface area contributed by atoms with Gasteiger partial charge in [0.15, 0.2) is 0 Å². The Morgan fingerprint density at radius 2 is 2.33 bits per heavy atom. The van der Waals surface area contributed by atoms with Crippen molar-refractivity contribution in [3.8, 4) is 0 Å². The zero-order chi connectivity index (χ0) is 9.14. The van der Waals surface area contributed by atoms with E-state index in [4.69, 9.17) is 5.73 Å². The maximum atomic E-state index is 5.80. The molecule has 2 nitrogen and oxygen atoms in total. The molecule has 64 valence electrons. The van der Waals surface area contributed by atoms with Crippen molar-refractivity contribution in [1.82, 2.24) is 4.98 Å². The van der Waals surface area contributed by atoms with E-state index in [0.29, 0.717) is 0 Å². The average Bonchev–Trinajstić information content (AvgIpc) is 2.03. The number of pyridine rings is 1. The minimum Gasteiger partial charge on any atom is -0.324 e. The molecule has 2 heteroatoms. The molecule has 0 aliphatic rings. The average molecular weight is 162 g/mol. The second-order valence-corrected chi connectivity index (χ2v) is 2.92. The van der Waals surface area contributed by atoms with E-state index in [9.17, 15) is 0 Å². The number of aryl methyl sites for hydroxylation is 1. The molecule has 0 saturated carbocycles. The third kappa shape index (κ3) is 1.53. The molecule has 0 bridgehead atoms. The van der Waals surface area contributed by atoms with Crippen LogP contribution in [0.3, 0.4) is 0 Å². The maximum Gasteiger partial charge on any atom is 0.0673 e. The van der Waals surface area contributed by atoms with E-state index in [0.717, 1.165) is 11.3 Å². The van der Waals surface area contributed by atoms with Crippen LogP contribution in [0.4, 0.5) is 0 Å². The smallest absolute Gasteiger partial charge is 0.0673 e. The molecule has 1 aromatic heterocycles. The normalized spacial score (nSPS) is 12.6. The minimum absolute atomic E-state index is 0.0201. The molecule has 0 saturated heterocycles. The van der Waals surface area contributed by atoms with Crippen LogP contribution in [0.1, 0.15) is 29.8 Å². The maximum absolute atomic E-state index is 5.80. The summed E-state index contributed by atoms with van der Waals surface area (Å²) in [4.78, 5) is 4.18. The molecule has 0 aliphatic carbocycles. The summed E-state index contributed by atoms with van der Waals surface area (Å²) in [6, 6.07) is 1.98. The molecule has 1 aromatic rings. The van der Waals surface area contributed by atoms with Crippen molar-refractivity contribution in [2.24, 2.45) is 5.73 Å². The number of rotatable bonds is 2. The molecule has 0 radical (unpaired) electrons. The first-order valence-electron chi connectivity index (χ1n) is 4.00. The fraction of sp³-hybridized carbons (Fsp3) is 0.300. The SMILES string of the molecule is C=Cc1nccc(C)c1C(C)N. The molecule has 0 aromatic carbocycles. The van der Waals surface area contributed by atoms with Gasteiger partial charge in [-0.15, -0.1) is 0 Å². The van der Waals surface area contributed by atoms with Crippen LogP contribution in [0.25, 0.3) is 6.08 Å². The summed E-state index contributed by atoms with van der Waals surface area (Å²) in [6.07, 6.45) is 3.52. The largest absolute Gasteiger partial charge is 0.324 e. The van der Waals surface area contributed by atoms with Gasteiger partial charge in [0.2, 0.25) is 0 Å². The van der Waals surface area contributed by atoms with Crippen molar-refractivity contribution in [2.45, 2.75) is 19.9 Å². The van der Waals surface area contributed by atoms with Crippen molar-refractivity contribution >= 4 is 6.08 Å². The van der Waals surface area contributed by atoms with Crippen LogP contribution in [-0.4, -0.2) is 4.98 Å². The van der Waals surface area contributed by atoms with Crippen molar-refractivity contribution in [1.29, 1.82) is 0 Å². The molecular weight excluding hydrogens is 148 g/mol. The lowest BCUT2D eigenvalue weighted by atomic mass is 10.0. The predicted octanol–water partition coefficient (Wildman–Crippen LogP) is 2.05. The van der Waals surface area contributed by atoms with Gasteiger partial charge < -0.3 is 5.73 Å². The van der Waals surface area contributed by atoms with Crippen LogP contribution < -0.4 is 5.73 Å². The quantitative estimate of drug-likeness (QED) is 0.722. The van der Waals surface area contributed by atoms with Gasteiger partial charge in [-0.1, -0.05) is 6.58 Å². The van der Waals surface area contributed by atoms with Crippen LogP contribution in [-0.2, 0) is 0 Å². The molecular formula is C10H14N2. The van der Waals surface area contributed by atoms with Gasteiger partial charge in [-0.2, -0.15) is 0 Å². The first-order valence-corrected chi connectivity index (χ1v) is 4.00. The van der Waals surface area contributed by atoms with E-state index in [1.807, 2.05) is 19.9 Å². The summed E-state index contributed by atoms with van der Waals surface area (Å²) >= 11 is 0. The Labute approximate surface area is 73.1 Å². The van der Waals surface area contributed by atoms with Gasteiger partial charge in [-0.25, -0.2) is 0 Å². The number of nitrogens with zero attached hydrogens (tertiary/aromatic N) is 1. The molecule has 1 atom stereocenters. The lowest BCUT2D eigenvalue weighted by molar-refractivity contribution is 0.799. The monoisotopic (exact) mass is 162 g/mol. The lowest BCUT2D eigenvalue weighted by Crippen LogP contribution is -2.09. The van der Waals surface area contributed by atoms with Crippen LogP contribution in [0, 0.1) is 6.92 Å². The summed E-state index contributed by atoms with van der Waals surface area (Å²) in [7, 11) is 0. The fourth-order valence-corrected chi connectivity index (χ4v) is 1.35. The lowest BCUT2D eigenvalue weighted by Gasteiger charge is -2.11. The van der Waals surface area contributed by atoms with E-state index in [2.05, 4.69) is 11.6 Å². The van der Waals surface area contributed by atoms with Gasteiger partial charge in [0.1, 0.15) is 0 Å². The van der Waals surface area contributed by atoms with Gasteiger partial charge in [-0.3, -0.25) is 4.98 Å². The van der Waals surface area contributed by atoms with Crippen molar-refractivity contribution in [3.63, 3.8) is 0 Å². The van der Waals surface area contributed by atoms with Crippen LogP contribution in [0.5, 0.6) is 0 Å². The van der Waals surface area contributed by atoms with Gasteiger partial charge >= 0.3 is 0 Å². The highest BCUT2D eigenvalue weighted by atomic mass is 14.7. The summed E-state index contributed by atoms with van der Waals surface area (Å²) in [5.74, 6) is 0. The Hall–Kier alpha value is -1.15. The molecule has 0 aliphatic heterocycles. The molecule has 12 heavy (non-hydrogen) atoms. The highest BCUT2D eigenvalue weighted by Gasteiger charge is 2.07. The van der Waals surface area contributed by atoms with Crippen molar-refractivity contribution in [2.75, 3.05) is 0 Å². The second-order valence-electron chi connectivity index (χ2n) is 2.92. The summed E-state index contributed by atoms with van der Waals surface area (Å²) in [6.45, 7) is 7.69.